The van der Waals surface area contributed by atoms with Gasteiger partial charge in [-0.1, -0.05) is 66.5 Å². The van der Waals surface area contributed by atoms with Crippen molar-refractivity contribution in [3.05, 3.63) is 64.0 Å². The third-order valence-electron chi connectivity index (χ3n) is 4.02. The molecule has 1 aromatic heterocycles. The second-order valence-corrected chi connectivity index (χ2v) is 7.37. The van der Waals surface area contributed by atoms with Crippen LogP contribution in [0.3, 0.4) is 0 Å². The molecule has 0 aliphatic heterocycles. The fourth-order valence-electron chi connectivity index (χ4n) is 2.56. The highest BCUT2D eigenvalue weighted by Crippen LogP contribution is 2.23. The number of hydrogen-bond donors (Lipinski definition) is 1. The minimum Gasteiger partial charge on any atom is -0.339 e. The van der Waals surface area contributed by atoms with Gasteiger partial charge in [-0.15, -0.1) is 0 Å². The normalized spacial score (nSPS) is 11.0. The number of anilines is 1. The summed E-state index contributed by atoms with van der Waals surface area (Å²) >= 11 is 11.9. The molecule has 0 atom stereocenters. The highest BCUT2D eigenvalue weighted by Gasteiger charge is 2.12. The van der Waals surface area contributed by atoms with Gasteiger partial charge in [0, 0.05) is 34.1 Å². The zero-order valence-electron chi connectivity index (χ0n) is 15.0. The van der Waals surface area contributed by atoms with E-state index in [1.807, 2.05) is 12.1 Å². The van der Waals surface area contributed by atoms with Crippen molar-refractivity contribution in [3.8, 4) is 11.4 Å². The summed E-state index contributed by atoms with van der Waals surface area (Å²) in [4.78, 5) is 16.5. The molecule has 0 spiro atoms. The molecule has 1 N–H and O–H groups in total. The maximum Gasteiger partial charge on any atom is 0.227 e. The Morgan fingerprint density at radius 1 is 1.11 bits per heavy atom. The van der Waals surface area contributed by atoms with Crippen LogP contribution < -0.4 is 5.32 Å². The number of halogens is 2. The number of rotatable bonds is 6. The number of hydrogen-bond acceptors (Lipinski definition) is 4. The standard InChI is InChI=1S/C20H19Cl2N3O2/c1-12(2)13-3-5-14(6-4-13)20-24-19(27-25-20)8-7-18(26)23-17-10-15(21)9-16(22)11-17/h3-6,9-12H,7-8H2,1-2H3,(H,23,26). The van der Waals surface area contributed by atoms with E-state index in [1.165, 1.54) is 5.56 Å². The Hall–Kier alpha value is -2.37. The van der Waals surface area contributed by atoms with E-state index in [2.05, 4.69) is 41.4 Å². The van der Waals surface area contributed by atoms with Gasteiger partial charge in [0.2, 0.25) is 17.6 Å². The van der Waals surface area contributed by atoms with Crippen molar-refractivity contribution in [2.75, 3.05) is 5.32 Å². The van der Waals surface area contributed by atoms with E-state index in [-0.39, 0.29) is 12.3 Å². The van der Waals surface area contributed by atoms with Gasteiger partial charge >= 0.3 is 0 Å². The first-order chi connectivity index (χ1) is 12.9. The van der Waals surface area contributed by atoms with Crippen LogP contribution in [0, 0.1) is 0 Å². The molecule has 0 unspecified atom stereocenters. The SMILES string of the molecule is CC(C)c1ccc(-c2noc(CCC(=O)Nc3cc(Cl)cc(Cl)c3)n2)cc1. The number of nitrogens with one attached hydrogen (secondary N) is 1. The fraction of sp³-hybridized carbons (Fsp3) is 0.250. The third kappa shape index (κ3) is 5.31. The lowest BCUT2D eigenvalue weighted by molar-refractivity contribution is -0.116. The molecule has 3 rings (SSSR count). The van der Waals surface area contributed by atoms with Crippen LogP contribution in [-0.2, 0) is 11.2 Å². The highest BCUT2D eigenvalue weighted by molar-refractivity contribution is 6.35. The van der Waals surface area contributed by atoms with Gasteiger partial charge in [-0.2, -0.15) is 4.98 Å². The van der Waals surface area contributed by atoms with Crippen LogP contribution in [0.15, 0.2) is 47.0 Å². The van der Waals surface area contributed by atoms with Gasteiger partial charge in [0.1, 0.15) is 0 Å². The van der Waals surface area contributed by atoms with Crippen LogP contribution in [0.2, 0.25) is 10.0 Å². The summed E-state index contributed by atoms with van der Waals surface area (Å²) in [6.07, 6.45) is 0.551. The molecular weight excluding hydrogens is 385 g/mol. The van der Waals surface area contributed by atoms with Crippen molar-refractivity contribution in [3.63, 3.8) is 0 Å². The Labute approximate surface area is 167 Å². The molecule has 0 aliphatic carbocycles. The summed E-state index contributed by atoms with van der Waals surface area (Å²) in [5.74, 6) is 1.21. The van der Waals surface area contributed by atoms with E-state index in [4.69, 9.17) is 27.7 Å². The third-order valence-corrected chi connectivity index (χ3v) is 4.45. The summed E-state index contributed by atoms with van der Waals surface area (Å²) in [5, 5.41) is 7.67. The molecule has 2 aromatic carbocycles. The first-order valence-electron chi connectivity index (χ1n) is 8.59. The number of carbonyl (C=O) groups excluding carboxylic acids is 1. The lowest BCUT2D eigenvalue weighted by atomic mass is 10.0. The van der Waals surface area contributed by atoms with Crippen molar-refractivity contribution in [1.29, 1.82) is 0 Å². The first kappa shape index (κ1) is 19.4. The van der Waals surface area contributed by atoms with Gasteiger partial charge in [-0.3, -0.25) is 4.79 Å². The topological polar surface area (TPSA) is 68.0 Å². The second-order valence-electron chi connectivity index (χ2n) is 6.49. The summed E-state index contributed by atoms with van der Waals surface area (Å²) in [6, 6.07) is 12.9. The van der Waals surface area contributed by atoms with Crippen molar-refractivity contribution >= 4 is 34.8 Å². The average Bonchev–Trinajstić information content (AvgIpc) is 3.08. The lowest BCUT2D eigenvalue weighted by Crippen LogP contribution is -2.12. The van der Waals surface area contributed by atoms with Crippen LogP contribution in [0.5, 0.6) is 0 Å². The van der Waals surface area contributed by atoms with Crippen LogP contribution in [0.25, 0.3) is 11.4 Å². The summed E-state index contributed by atoms with van der Waals surface area (Å²) < 4.78 is 5.25. The molecule has 1 amide bonds. The Kier molecular flexibility index (Phi) is 6.14. The van der Waals surface area contributed by atoms with Crippen LogP contribution in [0.4, 0.5) is 5.69 Å². The van der Waals surface area contributed by atoms with E-state index in [9.17, 15) is 4.79 Å². The molecule has 3 aromatic rings. The largest absolute Gasteiger partial charge is 0.339 e. The molecule has 140 valence electrons. The van der Waals surface area contributed by atoms with Gasteiger partial charge in [-0.25, -0.2) is 0 Å². The summed E-state index contributed by atoms with van der Waals surface area (Å²) in [7, 11) is 0. The molecule has 0 bridgehead atoms. The number of nitrogens with zero attached hydrogens (tertiary/aromatic N) is 2. The molecule has 5 nitrogen and oxygen atoms in total. The molecular formula is C20H19Cl2N3O2. The number of benzene rings is 2. The number of aromatic nitrogens is 2. The molecule has 0 radical (unpaired) electrons. The van der Waals surface area contributed by atoms with E-state index in [1.54, 1.807) is 18.2 Å². The van der Waals surface area contributed by atoms with Gasteiger partial charge in [-0.05, 0) is 29.7 Å². The zero-order valence-corrected chi connectivity index (χ0v) is 16.5. The van der Waals surface area contributed by atoms with Crippen molar-refractivity contribution < 1.29 is 9.32 Å². The Morgan fingerprint density at radius 3 is 2.41 bits per heavy atom. The number of aryl methyl sites for hydroxylation is 1. The summed E-state index contributed by atoms with van der Waals surface area (Å²) in [5.41, 5.74) is 2.68. The molecule has 27 heavy (non-hydrogen) atoms. The predicted octanol–water partition coefficient (Wildman–Crippen LogP) is 5.74. The minimum atomic E-state index is -0.186. The zero-order chi connectivity index (χ0) is 19.4. The molecule has 0 saturated heterocycles. The van der Waals surface area contributed by atoms with Crippen molar-refractivity contribution in [2.45, 2.75) is 32.6 Å². The Morgan fingerprint density at radius 2 is 1.78 bits per heavy atom. The quantitative estimate of drug-likeness (QED) is 0.569. The van der Waals surface area contributed by atoms with E-state index < -0.39 is 0 Å². The second kappa shape index (κ2) is 8.55. The Balaban J connectivity index is 1.58. The lowest BCUT2D eigenvalue weighted by Gasteiger charge is -2.05. The number of carbonyl (C=O) groups is 1. The summed E-state index contributed by atoms with van der Waals surface area (Å²) in [6.45, 7) is 4.29. The molecule has 0 saturated carbocycles. The minimum absolute atomic E-state index is 0.186. The maximum absolute atomic E-state index is 12.1. The van der Waals surface area contributed by atoms with E-state index in [0.29, 0.717) is 39.8 Å². The fourth-order valence-corrected chi connectivity index (χ4v) is 3.09. The predicted molar refractivity (Wildman–Crippen MR) is 107 cm³/mol. The monoisotopic (exact) mass is 403 g/mol. The van der Waals surface area contributed by atoms with Gasteiger partial charge < -0.3 is 9.84 Å². The van der Waals surface area contributed by atoms with Crippen LogP contribution in [0.1, 0.15) is 37.6 Å². The van der Waals surface area contributed by atoms with Gasteiger partial charge in [0.05, 0.1) is 0 Å². The van der Waals surface area contributed by atoms with Crippen LogP contribution >= 0.6 is 23.2 Å². The van der Waals surface area contributed by atoms with Gasteiger partial charge in [0.15, 0.2) is 0 Å². The molecule has 7 heteroatoms. The van der Waals surface area contributed by atoms with Crippen LogP contribution in [-0.4, -0.2) is 16.0 Å². The van der Waals surface area contributed by atoms with Gasteiger partial charge in [0.25, 0.3) is 0 Å². The Bertz CT molecular complexity index is 916. The van der Waals surface area contributed by atoms with Crippen molar-refractivity contribution in [2.24, 2.45) is 0 Å². The smallest absolute Gasteiger partial charge is 0.227 e. The molecule has 0 fully saturated rings. The van der Waals surface area contributed by atoms with E-state index >= 15 is 0 Å². The highest BCUT2D eigenvalue weighted by atomic mass is 35.5. The average molecular weight is 404 g/mol. The van der Waals surface area contributed by atoms with Crippen molar-refractivity contribution in [1.82, 2.24) is 10.1 Å². The first-order valence-corrected chi connectivity index (χ1v) is 9.35. The number of amides is 1. The maximum atomic E-state index is 12.1. The van der Waals surface area contributed by atoms with E-state index in [0.717, 1.165) is 5.56 Å². The molecule has 0 aliphatic rings. The molecule has 1 heterocycles.